The quantitative estimate of drug-likeness (QED) is 0.666. The Labute approximate surface area is 197 Å². The van der Waals surface area contributed by atoms with E-state index in [9.17, 15) is 9.59 Å². The Morgan fingerprint density at radius 2 is 1.85 bits per heavy atom. The van der Waals surface area contributed by atoms with Crippen LogP contribution in [0.15, 0.2) is 18.2 Å². The number of rotatable bonds is 7. The van der Waals surface area contributed by atoms with E-state index in [0.717, 1.165) is 62.3 Å². The first-order chi connectivity index (χ1) is 15.7. The molecule has 1 aromatic carbocycles. The number of ether oxygens (including phenoxy) is 3. The van der Waals surface area contributed by atoms with Crippen LogP contribution in [0.3, 0.4) is 0 Å². The highest BCUT2D eigenvalue weighted by Crippen LogP contribution is 2.38. The number of benzene rings is 1. The monoisotopic (exact) mass is 461 g/mol. The van der Waals surface area contributed by atoms with Crippen molar-refractivity contribution >= 4 is 12.0 Å². The van der Waals surface area contributed by atoms with Crippen LogP contribution in [0.25, 0.3) is 0 Å². The SMILES string of the molecule is COc1ccc(C2CCCN2C(=O)CN2CCCCC2CNC(=O)OC(C)(C)C)c(OC)c1. The van der Waals surface area contributed by atoms with E-state index in [1.807, 2.05) is 43.9 Å². The molecule has 0 saturated carbocycles. The summed E-state index contributed by atoms with van der Waals surface area (Å²) in [5, 5.41) is 2.89. The van der Waals surface area contributed by atoms with Gasteiger partial charge < -0.3 is 24.4 Å². The van der Waals surface area contributed by atoms with Gasteiger partial charge in [-0.3, -0.25) is 9.69 Å². The summed E-state index contributed by atoms with van der Waals surface area (Å²) in [5.41, 5.74) is 0.491. The van der Waals surface area contributed by atoms with Crippen LogP contribution in [-0.2, 0) is 9.53 Å². The van der Waals surface area contributed by atoms with Crippen LogP contribution in [-0.4, -0.2) is 73.8 Å². The Hall–Kier alpha value is -2.48. The predicted octanol–water partition coefficient (Wildman–Crippen LogP) is 3.75. The van der Waals surface area contributed by atoms with E-state index in [4.69, 9.17) is 14.2 Å². The third-order valence-electron chi connectivity index (χ3n) is 6.34. The second-order valence-electron chi connectivity index (χ2n) is 9.86. The molecule has 1 aromatic rings. The molecule has 3 rings (SSSR count). The Kier molecular flexibility index (Phi) is 8.46. The van der Waals surface area contributed by atoms with Gasteiger partial charge in [-0.05, 0) is 65.1 Å². The minimum atomic E-state index is -0.528. The van der Waals surface area contributed by atoms with Crippen molar-refractivity contribution < 1.29 is 23.8 Å². The maximum absolute atomic E-state index is 13.4. The summed E-state index contributed by atoms with van der Waals surface area (Å²) in [7, 11) is 3.28. The van der Waals surface area contributed by atoms with E-state index in [1.54, 1.807) is 14.2 Å². The molecule has 2 saturated heterocycles. The predicted molar refractivity (Wildman–Crippen MR) is 127 cm³/mol. The number of hydrogen-bond acceptors (Lipinski definition) is 6. The highest BCUT2D eigenvalue weighted by Gasteiger charge is 2.34. The number of hydrogen-bond donors (Lipinski definition) is 1. The molecule has 0 bridgehead atoms. The van der Waals surface area contributed by atoms with Gasteiger partial charge in [0.1, 0.15) is 17.1 Å². The highest BCUT2D eigenvalue weighted by molar-refractivity contribution is 5.79. The van der Waals surface area contributed by atoms with Crippen LogP contribution >= 0.6 is 0 Å². The zero-order chi connectivity index (χ0) is 24.0. The van der Waals surface area contributed by atoms with Gasteiger partial charge in [-0.15, -0.1) is 0 Å². The molecule has 0 aliphatic carbocycles. The van der Waals surface area contributed by atoms with E-state index in [1.165, 1.54) is 0 Å². The molecule has 8 nitrogen and oxygen atoms in total. The van der Waals surface area contributed by atoms with Gasteiger partial charge in [0.2, 0.25) is 5.91 Å². The van der Waals surface area contributed by atoms with Crippen LogP contribution in [0.4, 0.5) is 4.79 Å². The van der Waals surface area contributed by atoms with Crippen molar-refractivity contribution in [3.63, 3.8) is 0 Å². The molecular weight excluding hydrogens is 422 g/mol. The second-order valence-corrected chi connectivity index (χ2v) is 9.86. The first kappa shape index (κ1) is 25.1. The van der Waals surface area contributed by atoms with E-state index in [-0.39, 0.29) is 18.0 Å². The van der Waals surface area contributed by atoms with Crippen LogP contribution in [0.5, 0.6) is 11.5 Å². The number of alkyl carbamates (subject to hydrolysis) is 1. The standard InChI is InChI=1S/C25H39N3O5/c1-25(2,3)33-24(30)26-16-18-9-6-7-13-27(18)17-23(29)28-14-8-10-21(28)20-12-11-19(31-4)15-22(20)32-5/h11-12,15,18,21H,6-10,13-14,16-17H2,1-5H3,(H,26,30). The number of carbonyl (C=O) groups excluding carboxylic acids is 2. The van der Waals surface area contributed by atoms with Gasteiger partial charge in [-0.25, -0.2) is 4.79 Å². The zero-order valence-corrected chi connectivity index (χ0v) is 20.7. The topological polar surface area (TPSA) is 80.3 Å². The lowest BCUT2D eigenvalue weighted by atomic mass is 10.0. The lowest BCUT2D eigenvalue weighted by Gasteiger charge is -2.37. The van der Waals surface area contributed by atoms with Crippen LogP contribution in [0.2, 0.25) is 0 Å². The average molecular weight is 462 g/mol. The van der Waals surface area contributed by atoms with E-state index in [0.29, 0.717) is 13.1 Å². The van der Waals surface area contributed by atoms with Gasteiger partial charge >= 0.3 is 6.09 Å². The smallest absolute Gasteiger partial charge is 0.407 e. The van der Waals surface area contributed by atoms with Gasteiger partial charge in [-0.2, -0.15) is 0 Å². The first-order valence-electron chi connectivity index (χ1n) is 11.9. The maximum atomic E-state index is 13.4. The van der Waals surface area contributed by atoms with Gasteiger partial charge in [-0.1, -0.05) is 6.42 Å². The minimum Gasteiger partial charge on any atom is -0.497 e. The maximum Gasteiger partial charge on any atom is 0.407 e. The number of piperidine rings is 1. The molecule has 0 aromatic heterocycles. The normalized spacial score (nSPS) is 21.5. The molecule has 0 spiro atoms. The number of likely N-dealkylation sites (tertiary alicyclic amines) is 2. The fourth-order valence-electron chi connectivity index (χ4n) is 4.76. The summed E-state index contributed by atoms with van der Waals surface area (Å²) in [6.07, 6.45) is 4.59. The van der Waals surface area contributed by atoms with Crippen molar-refractivity contribution in [2.45, 2.75) is 70.6 Å². The van der Waals surface area contributed by atoms with Crippen molar-refractivity contribution in [2.75, 3.05) is 40.4 Å². The lowest BCUT2D eigenvalue weighted by Crippen LogP contribution is -2.51. The summed E-state index contributed by atoms with van der Waals surface area (Å²) in [6.45, 7) is 7.99. The highest BCUT2D eigenvalue weighted by atomic mass is 16.6. The molecular formula is C25H39N3O5. The number of nitrogens with one attached hydrogen (secondary N) is 1. The molecule has 2 aliphatic rings. The third kappa shape index (κ3) is 6.76. The van der Waals surface area contributed by atoms with E-state index in [2.05, 4.69) is 10.2 Å². The number of amides is 2. The van der Waals surface area contributed by atoms with Gasteiger partial charge in [0.05, 0.1) is 26.8 Å². The molecule has 2 heterocycles. The van der Waals surface area contributed by atoms with Gasteiger partial charge in [0.15, 0.2) is 0 Å². The van der Waals surface area contributed by atoms with Gasteiger partial charge in [0.25, 0.3) is 0 Å². The summed E-state index contributed by atoms with van der Waals surface area (Å²) >= 11 is 0. The first-order valence-corrected chi connectivity index (χ1v) is 11.9. The Morgan fingerprint density at radius 3 is 2.55 bits per heavy atom. The Bertz CT molecular complexity index is 823. The third-order valence-corrected chi connectivity index (χ3v) is 6.34. The van der Waals surface area contributed by atoms with E-state index < -0.39 is 11.7 Å². The molecule has 0 radical (unpaired) electrons. The van der Waals surface area contributed by atoms with Crippen molar-refractivity contribution in [1.82, 2.24) is 15.1 Å². The molecule has 2 amide bonds. The molecule has 2 atom stereocenters. The summed E-state index contributed by atoms with van der Waals surface area (Å²) in [5.74, 6) is 1.61. The van der Waals surface area contributed by atoms with Crippen molar-refractivity contribution in [2.24, 2.45) is 0 Å². The van der Waals surface area contributed by atoms with Crippen LogP contribution in [0.1, 0.15) is 64.5 Å². The van der Waals surface area contributed by atoms with Crippen molar-refractivity contribution in [3.05, 3.63) is 23.8 Å². The molecule has 184 valence electrons. The fraction of sp³-hybridized carbons (Fsp3) is 0.680. The van der Waals surface area contributed by atoms with E-state index >= 15 is 0 Å². The Morgan fingerprint density at radius 1 is 1.06 bits per heavy atom. The number of methoxy groups -OCH3 is 2. The minimum absolute atomic E-state index is 0.00138. The van der Waals surface area contributed by atoms with Gasteiger partial charge in [0, 0.05) is 30.8 Å². The molecule has 1 N–H and O–H groups in total. The second kappa shape index (κ2) is 11.1. The largest absolute Gasteiger partial charge is 0.497 e. The number of carbonyl (C=O) groups is 2. The van der Waals surface area contributed by atoms with Crippen molar-refractivity contribution in [3.8, 4) is 11.5 Å². The lowest BCUT2D eigenvalue weighted by molar-refractivity contribution is -0.134. The van der Waals surface area contributed by atoms with Crippen LogP contribution < -0.4 is 14.8 Å². The number of nitrogens with zero attached hydrogens (tertiary/aromatic N) is 2. The summed E-state index contributed by atoms with van der Waals surface area (Å²) in [6, 6.07) is 5.93. The average Bonchev–Trinajstić information content (AvgIpc) is 3.26. The summed E-state index contributed by atoms with van der Waals surface area (Å²) < 4.78 is 16.3. The molecule has 8 heteroatoms. The molecule has 2 unspecified atom stereocenters. The Balaban J connectivity index is 1.64. The zero-order valence-electron chi connectivity index (χ0n) is 20.7. The molecule has 2 aliphatic heterocycles. The fourth-order valence-corrected chi connectivity index (χ4v) is 4.76. The molecule has 33 heavy (non-hydrogen) atoms. The van der Waals surface area contributed by atoms with Crippen LogP contribution in [0, 0.1) is 0 Å². The van der Waals surface area contributed by atoms with Crippen molar-refractivity contribution in [1.29, 1.82) is 0 Å². The molecule has 2 fully saturated rings. The summed E-state index contributed by atoms with van der Waals surface area (Å²) in [4.78, 5) is 29.7.